The van der Waals surface area contributed by atoms with Crippen LogP contribution in [0.5, 0.6) is 0 Å². The lowest BCUT2D eigenvalue weighted by Gasteiger charge is -2.21. The molecule has 0 spiro atoms. The Hall–Kier alpha value is -1.36. The van der Waals surface area contributed by atoms with Crippen LogP contribution in [0, 0.1) is 6.92 Å². The first-order valence-corrected chi connectivity index (χ1v) is 5.12. The third-order valence-corrected chi connectivity index (χ3v) is 2.73. The SMILES string of the molecule is Cc1cc(CN2C(=O)CCC2CN)on1. The van der Waals surface area contributed by atoms with Gasteiger partial charge in [0.1, 0.15) is 0 Å². The number of nitrogens with zero attached hydrogens (tertiary/aromatic N) is 2. The van der Waals surface area contributed by atoms with Crippen LogP contribution in [0.15, 0.2) is 10.6 Å². The van der Waals surface area contributed by atoms with E-state index in [4.69, 9.17) is 10.3 Å². The van der Waals surface area contributed by atoms with Crippen molar-refractivity contribution in [3.63, 3.8) is 0 Å². The van der Waals surface area contributed by atoms with Gasteiger partial charge in [-0.1, -0.05) is 5.16 Å². The van der Waals surface area contributed by atoms with Gasteiger partial charge in [-0.3, -0.25) is 4.79 Å². The second kappa shape index (κ2) is 4.02. The van der Waals surface area contributed by atoms with E-state index in [2.05, 4.69) is 5.16 Å². The molecule has 2 rings (SSSR count). The third-order valence-electron chi connectivity index (χ3n) is 2.73. The van der Waals surface area contributed by atoms with Gasteiger partial charge in [0.15, 0.2) is 5.76 Å². The molecule has 0 aromatic carbocycles. The smallest absolute Gasteiger partial charge is 0.223 e. The number of hydrogen-bond acceptors (Lipinski definition) is 4. The van der Waals surface area contributed by atoms with Crippen molar-refractivity contribution in [2.75, 3.05) is 6.54 Å². The number of nitrogens with two attached hydrogens (primary N) is 1. The first-order valence-electron chi connectivity index (χ1n) is 5.12. The fourth-order valence-electron chi connectivity index (χ4n) is 1.91. The summed E-state index contributed by atoms with van der Waals surface area (Å²) < 4.78 is 5.08. The monoisotopic (exact) mass is 209 g/mol. The molecule has 1 atom stereocenters. The maximum absolute atomic E-state index is 11.6. The average Bonchev–Trinajstić information content (AvgIpc) is 2.76. The molecular formula is C10H15N3O2. The molecular weight excluding hydrogens is 194 g/mol. The summed E-state index contributed by atoms with van der Waals surface area (Å²) in [7, 11) is 0. The van der Waals surface area contributed by atoms with E-state index in [1.165, 1.54) is 0 Å². The molecule has 1 aliphatic rings. The Labute approximate surface area is 88.2 Å². The Bertz CT molecular complexity index is 361. The minimum atomic E-state index is 0.152. The van der Waals surface area contributed by atoms with Gasteiger partial charge in [0.2, 0.25) is 5.91 Å². The summed E-state index contributed by atoms with van der Waals surface area (Å²) in [6.45, 7) is 2.86. The van der Waals surface area contributed by atoms with Gasteiger partial charge in [-0.2, -0.15) is 0 Å². The number of likely N-dealkylation sites (tertiary alicyclic amines) is 1. The van der Waals surface area contributed by atoms with Crippen LogP contribution in [0.3, 0.4) is 0 Å². The number of hydrogen-bond donors (Lipinski definition) is 1. The van der Waals surface area contributed by atoms with Gasteiger partial charge in [-0.25, -0.2) is 0 Å². The highest BCUT2D eigenvalue weighted by Gasteiger charge is 2.30. The maximum Gasteiger partial charge on any atom is 0.223 e. The highest BCUT2D eigenvalue weighted by molar-refractivity contribution is 5.78. The Morgan fingerprint density at radius 1 is 1.73 bits per heavy atom. The van der Waals surface area contributed by atoms with Gasteiger partial charge in [0, 0.05) is 25.1 Å². The van der Waals surface area contributed by atoms with Gasteiger partial charge in [-0.15, -0.1) is 0 Å². The summed E-state index contributed by atoms with van der Waals surface area (Å²) in [5.41, 5.74) is 6.44. The van der Waals surface area contributed by atoms with E-state index < -0.39 is 0 Å². The summed E-state index contributed by atoms with van der Waals surface area (Å²) in [5.74, 6) is 0.876. The molecule has 5 nitrogen and oxygen atoms in total. The molecule has 1 aromatic heterocycles. The van der Waals surface area contributed by atoms with E-state index in [-0.39, 0.29) is 11.9 Å². The predicted molar refractivity (Wildman–Crippen MR) is 53.9 cm³/mol. The van der Waals surface area contributed by atoms with Crippen LogP contribution in [0.2, 0.25) is 0 Å². The van der Waals surface area contributed by atoms with Gasteiger partial charge in [0.25, 0.3) is 0 Å². The number of carbonyl (C=O) groups is 1. The zero-order valence-electron chi connectivity index (χ0n) is 8.77. The zero-order valence-corrected chi connectivity index (χ0v) is 8.77. The maximum atomic E-state index is 11.6. The van der Waals surface area contributed by atoms with E-state index in [1.807, 2.05) is 13.0 Å². The van der Waals surface area contributed by atoms with E-state index >= 15 is 0 Å². The number of aryl methyl sites for hydroxylation is 1. The van der Waals surface area contributed by atoms with Gasteiger partial charge < -0.3 is 15.2 Å². The molecule has 1 amide bonds. The molecule has 82 valence electrons. The molecule has 0 saturated carbocycles. The van der Waals surface area contributed by atoms with Crippen LogP contribution < -0.4 is 5.73 Å². The first kappa shape index (κ1) is 10.2. The van der Waals surface area contributed by atoms with Crippen LogP contribution >= 0.6 is 0 Å². The Morgan fingerprint density at radius 2 is 2.53 bits per heavy atom. The standard InChI is InChI=1S/C10H15N3O2/c1-7-4-9(15-12-7)6-13-8(5-11)2-3-10(13)14/h4,8H,2-3,5-6,11H2,1H3. The van der Waals surface area contributed by atoms with Crippen molar-refractivity contribution in [2.24, 2.45) is 5.73 Å². The summed E-state index contributed by atoms with van der Waals surface area (Å²) in [5, 5.41) is 3.79. The van der Waals surface area contributed by atoms with Crippen LogP contribution in [0.25, 0.3) is 0 Å². The molecule has 0 aliphatic carbocycles. The lowest BCUT2D eigenvalue weighted by atomic mass is 10.2. The van der Waals surface area contributed by atoms with Gasteiger partial charge in [0.05, 0.1) is 12.2 Å². The quantitative estimate of drug-likeness (QED) is 0.783. The number of rotatable bonds is 3. The molecule has 1 saturated heterocycles. The van der Waals surface area contributed by atoms with Crippen molar-refractivity contribution >= 4 is 5.91 Å². The Morgan fingerprint density at radius 3 is 3.13 bits per heavy atom. The molecule has 1 unspecified atom stereocenters. The molecule has 0 radical (unpaired) electrons. The molecule has 1 aromatic rings. The van der Waals surface area contributed by atoms with Crippen LogP contribution in [-0.2, 0) is 11.3 Å². The third kappa shape index (κ3) is 2.02. The van der Waals surface area contributed by atoms with Crippen LogP contribution in [0.1, 0.15) is 24.3 Å². The minimum absolute atomic E-state index is 0.152. The highest BCUT2D eigenvalue weighted by atomic mass is 16.5. The number of aromatic nitrogens is 1. The van der Waals surface area contributed by atoms with E-state index in [0.717, 1.165) is 17.9 Å². The van der Waals surface area contributed by atoms with Crippen molar-refractivity contribution in [1.29, 1.82) is 0 Å². The fourth-order valence-corrected chi connectivity index (χ4v) is 1.91. The van der Waals surface area contributed by atoms with Crippen molar-refractivity contribution in [3.05, 3.63) is 17.5 Å². The van der Waals surface area contributed by atoms with Crippen LogP contribution in [0.4, 0.5) is 0 Å². The topological polar surface area (TPSA) is 72.4 Å². The minimum Gasteiger partial charge on any atom is -0.359 e. The second-order valence-corrected chi connectivity index (χ2v) is 3.88. The number of amides is 1. The largest absolute Gasteiger partial charge is 0.359 e. The first-order chi connectivity index (χ1) is 7.20. The summed E-state index contributed by atoms with van der Waals surface area (Å²) in [4.78, 5) is 13.3. The molecule has 15 heavy (non-hydrogen) atoms. The summed E-state index contributed by atoms with van der Waals surface area (Å²) in [6.07, 6.45) is 1.44. The van der Waals surface area contributed by atoms with Gasteiger partial charge >= 0.3 is 0 Å². The normalized spacial score (nSPS) is 21.3. The lowest BCUT2D eigenvalue weighted by molar-refractivity contribution is -0.129. The van der Waals surface area contributed by atoms with Crippen LogP contribution in [-0.4, -0.2) is 28.6 Å². The van der Waals surface area contributed by atoms with Crippen molar-refractivity contribution in [2.45, 2.75) is 32.4 Å². The van der Waals surface area contributed by atoms with E-state index in [0.29, 0.717) is 19.5 Å². The summed E-state index contributed by atoms with van der Waals surface area (Å²) in [6, 6.07) is 2.00. The Kier molecular flexibility index (Phi) is 2.73. The Balaban J connectivity index is 2.06. The van der Waals surface area contributed by atoms with Crippen molar-refractivity contribution in [1.82, 2.24) is 10.1 Å². The molecule has 0 bridgehead atoms. The second-order valence-electron chi connectivity index (χ2n) is 3.88. The predicted octanol–water partition coefficient (Wildman–Crippen LogP) is 0.433. The van der Waals surface area contributed by atoms with Crippen molar-refractivity contribution < 1.29 is 9.32 Å². The molecule has 2 heterocycles. The molecule has 1 aliphatic heterocycles. The molecule has 1 fully saturated rings. The zero-order chi connectivity index (χ0) is 10.8. The lowest BCUT2D eigenvalue weighted by Crippen LogP contribution is -2.37. The number of carbonyl (C=O) groups excluding carboxylic acids is 1. The van der Waals surface area contributed by atoms with Crippen molar-refractivity contribution in [3.8, 4) is 0 Å². The average molecular weight is 209 g/mol. The highest BCUT2D eigenvalue weighted by Crippen LogP contribution is 2.20. The fraction of sp³-hybridized carbons (Fsp3) is 0.600. The van der Waals surface area contributed by atoms with Gasteiger partial charge in [-0.05, 0) is 13.3 Å². The molecule has 5 heteroatoms. The molecule has 2 N–H and O–H groups in total. The van der Waals surface area contributed by atoms with E-state index in [9.17, 15) is 4.79 Å². The summed E-state index contributed by atoms with van der Waals surface area (Å²) >= 11 is 0. The van der Waals surface area contributed by atoms with E-state index in [1.54, 1.807) is 4.90 Å².